The summed E-state index contributed by atoms with van der Waals surface area (Å²) in [6, 6.07) is 4.25. The summed E-state index contributed by atoms with van der Waals surface area (Å²) in [5, 5.41) is 3.35. The maximum atomic E-state index is 5.78. The molecule has 0 spiro atoms. The van der Waals surface area contributed by atoms with Crippen molar-refractivity contribution in [2.75, 3.05) is 26.3 Å². The van der Waals surface area contributed by atoms with Crippen molar-refractivity contribution >= 4 is 15.9 Å². The van der Waals surface area contributed by atoms with Crippen molar-refractivity contribution in [1.29, 1.82) is 0 Å². The fourth-order valence-electron chi connectivity index (χ4n) is 2.30. The van der Waals surface area contributed by atoms with Crippen molar-refractivity contribution in [3.63, 3.8) is 0 Å². The van der Waals surface area contributed by atoms with E-state index in [0.717, 1.165) is 42.9 Å². The monoisotopic (exact) mass is 283 g/mol. The first-order valence-electron chi connectivity index (χ1n) is 5.62. The Labute approximate surface area is 103 Å². The molecule has 86 valence electrons. The molecule has 0 bridgehead atoms. The number of halogens is 1. The van der Waals surface area contributed by atoms with Crippen molar-refractivity contribution < 1.29 is 9.47 Å². The molecule has 2 aliphatic rings. The number of ether oxygens (including phenoxy) is 2. The summed E-state index contributed by atoms with van der Waals surface area (Å²) in [5.74, 6) is 1.04. The maximum Gasteiger partial charge on any atom is 0.128 e. The van der Waals surface area contributed by atoms with Gasteiger partial charge in [-0.15, -0.1) is 0 Å². The smallest absolute Gasteiger partial charge is 0.128 e. The van der Waals surface area contributed by atoms with Crippen molar-refractivity contribution in [3.05, 3.63) is 27.7 Å². The first-order chi connectivity index (χ1) is 7.84. The van der Waals surface area contributed by atoms with E-state index < -0.39 is 0 Å². The number of morpholine rings is 1. The van der Waals surface area contributed by atoms with Crippen LogP contribution in [0.3, 0.4) is 0 Å². The molecule has 1 atom stereocenters. The third-order valence-corrected chi connectivity index (χ3v) is 3.51. The molecule has 2 aliphatic heterocycles. The van der Waals surface area contributed by atoms with Crippen molar-refractivity contribution in [1.82, 2.24) is 5.32 Å². The van der Waals surface area contributed by atoms with Crippen LogP contribution in [-0.2, 0) is 11.2 Å². The minimum atomic E-state index is 0.123. The topological polar surface area (TPSA) is 30.5 Å². The van der Waals surface area contributed by atoms with E-state index in [1.54, 1.807) is 0 Å². The second-order valence-corrected chi connectivity index (χ2v) is 5.06. The molecular weight excluding hydrogens is 270 g/mol. The van der Waals surface area contributed by atoms with Gasteiger partial charge in [0.25, 0.3) is 0 Å². The van der Waals surface area contributed by atoms with Crippen LogP contribution in [0.1, 0.15) is 17.2 Å². The number of fused-ring (bicyclic) bond motifs is 1. The Bertz CT molecular complexity index is 402. The van der Waals surface area contributed by atoms with E-state index in [1.807, 2.05) is 0 Å². The summed E-state index contributed by atoms with van der Waals surface area (Å²) >= 11 is 3.55. The van der Waals surface area contributed by atoms with Crippen LogP contribution in [0.25, 0.3) is 0 Å². The van der Waals surface area contributed by atoms with Gasteiger partial charge in [0.05, 0.1) is 19.3 Å². The minimum Gasteiger partial charge on any atom is -0.493 e. The number of hydrogen-bond donors (Lipinski definition) is 1. The Hall–Kier alpha value is -0.580. The summed E-state index contributed by atoms with van der Waals surface area (Å²) in [7, 11) is 0. The number of benzene rings is 1. The second kappa shape index (κ2) is 4.35. The van der Waals surface area contributed by atoms with Crippen molar-refractivity contribution in [2.24, 2.45) is 0 Å². The molecule has 0 radical (unpaired) electrons. The summed E-state index contributed by atoms with van der Waals surface area (Å²) in [5.41, 5.74) is 2.47. The molecule has 0 aliphatic carbocycles. The molecule has 1 fully saturated rings. The molecule has 1 unspecified atom stereocenters. The van der Waals surface area contributed by atoms with Gasteiger partial charge in [0.2, 0.25) is 0 Å². The Balaban J connectivity index is 1.99. The van der Waals surface area contributed by atoms with Gasteiger partial charge in [-0.05, 0) is 17.7 Å². The van der Waals surface area contributed by atoms with Gasteiger partial charge in [-0.1, -0.05) is 15.9 Å². The predicted molar refractivity (Wildman–Crippen MR) is 64.9 cm³/mol. The van der Waals surface area contributed by atoms with E-state index in [-0.39, 0.29) is 6.10 Å². The zero-order chi connectivity index (χ0) is 11.0. The Morgan fingerprint density at radius 3 is 3.06 bits per heavy atom. The highest BCUT2D eigenvalue weighted by molar-refractivity contribution is 9.10. The molecule has 0 amide bonds. The van der Waals surface area contributed by atoms with E-state index in [4.69, 9.17) is 9.47 Å². The van der Waals surface area contributed by atoms with E-state index in [2.05, 4.69) is 33.4 Å². The van der Waals surface area contributed by atoms with Crippen LogP contribution in [0.4, 0.5) is 0 Å². The van der Waals surface area contributed by atoms with Crippen molar-refractivity contribution in [2.45, 2.75) is 12.5 Å². The zero-order valence-electron chi connectivity index (χ0n) is 8.96. The Kier molecular flexibility index (Phi) is 2.88. The highest BCUT2D eigenvalue weighted by Crippen LogP contribution is 2.37. The molecule has 2 heterocycles. The molecule has 0 saturated carbocycles. The van der Waals surface area contributed by atoms with E-state index in [0.29, 0.717) is 0 Å². The third kappa shape index (κ3) is 1.85. The molecule has 3 rings (SSSR count). The summed E-state index contributed by atoms with van der Waals surface area (Å²) in [6.07, 6.45) is 1.13. The molecule has 1 saturated heterocycles. The molecule has 1 aromatic carbocycles. The lowest BCUT2D eigenvalue weighted by molar-refractivity contribution is 0.0262. The van der Waals surface area contributed by atoms with E-state index in [1.165, 1.54) is 11.1 Å². The number of hydrogen-bond acceptors (Lipinski definition) is 3. The molecule has 3 nitrogen and oxygen atoms in total. The average Bonchev–Trinajstić information content (AvgIpc) is 2.77. The van der Waals surface area contributed by atoms with Crippen LogP contribution in [-0.4, -0.2) is 26.3 Å². The first kappa shape index (κ1) is 10.6. The van der Waals surface area contributed by atoms with Crippen LogP contribution in [0.15, 0.2) is 16.6 Å². The van der Waals surface area contributed by atoms with E-state index in [9.17, 15) is 0 Å². The predicted octanol–water partition coefficient (Wildman–Crippen LogP) is 2.04. The lowest BCUT2D eigenvalue weighted by Gasteiger charge is -2.25. The molecule has 16 heavy (non-hydrogen) atoms. The second-order valence-electron chi connectivity index (χ2n) is 4.15. The summed E-state index contributed by atoms with van der Waals surface area (Å²) < 4.78 is 12.6. The van der Waals surface area contributed by atoms with Gasteiger partial charge < -0.3 is 14.8 Å². The Morgan fingerprint density at radius 2 is 2.25 bits per heavy atom. The van der Waals surface area contributed by atoms with Crippen molar-refractivity contribution in [3.8, 4) is 5.75 Å². The average molecular weight is 284 g/mol. The molecule has 1 N–H and O–H groups in total. The van der Waals surface area contributed by atoms with E-state index >= 15 is 0 Å². The summed E-state index contributed by atoms with van der Waals surface area (Å²) in [4.78, 5) is 0. The molecular formula is C12H14BrNO2. The fourth-order valence-corrected chi connectivity index (χ4v) is 2.83. The quantitative estimate of drug-likeness (QED) is 0.856. The zero-order valence-corrected chi connectivity index (χ0v) is 10.5. The van der Waals surface area contributed by atoms with Crippen LogP contribution in [0, 0.1) is 0 Å². The van der Waals surface area contributed by atoms with Gasteiger partial charge in [-0.25, -0.2) is 0 Å². The maximum absolute atomic E-state index is 5.78. The normalized spacial score (nSPS) is 23.9. The Morgan fingerprint density at radius 1 is 1.31 bits per heavy atom. The van der Waals surface area contributed by atoms with Gasteiger partial charge in [-0.3, -0.25) is 0 Å². The largest absolute Gasteiger partial charge is 0.493 e. The van der Waals surface area contributed by atoms with Gasteiger partial charge in [0.1, 0.15) is 5.75 Å². The van der Waals surface area contributed by atoms with Gasteiger partial charge in [-0.2, -0.15) is 0 Å². The minimum absolute atomic E-state index is 0.123. The van der Waals surface area contributed by atoms with Crippen LogP contribution < -0.4 is 10.1 Å². The number of nitrogens with one attached hydrogen (secondary N) is 1. The van der Waals surface area contributed by atoms with Gasteiger partial charge >= 0.3 is 0 Å². The highest BCUT2D eigenvalue weighted by atomic mass is 79.9. The highest BCUT2D eigenvalue weighted by Gasteiger charge is 2.25. The van der Waals surface area contributed by atoms with Crippen LogP contribution in [0.2, 0.25) is 0 Å². The number of rotatable bonds is 1. The van der Waals surface area contributed by atoms with Crippen LogP contribution >= 0.6 is 15.9 Å². The lowest BCUT2D eigenvalue weighted by Crippen LogP contribution is -2.33. The van der Waals surface area contributed by atoms with Gasteiger partial charge in [0.15, 0.2) is 0 Å². The fraction of sp³-hybridized carbons (Fsp3) is 0.500. The summed E-state index contributed by atoms with van der Waals surface area (Å²) in [6.45, 7) is 3.37. The lowest BCUT2D eigenvalue weighted by atomic mass is 10.0. The molecule has 4 heteroatoms. The molecule has 1 aromatic rings. The SMILES string of the molecule is Brc1cc2c(c(C3CNCCO3)c1)OCC2. The van der Waals surface area contributed by atoms with Crippen LogP contribution in [0.5, 0.6) is 5.75 Å². The third-order valence-electron chi connectivity index (χ3n) is 3.05. The van der Waals surface area contributed by atoms with Gasteiger partial charge in [0, 0.05) is 29.5 Å². The molecule has 0 aromatic heterocycles. The first-order valence-corrected chi connectivity index (χ1v) is 6.41. The standard InChI is InChI=1S/C12H14BrNO2/c13-9-5-8-1-3-16-12(8)10(6-9)11-7-14-2-4-15-11/h5-6,11,14H,1-4,7H2.